The summed E-state index contributed by atoms with van der Waals surface area (Å²) in [6.07, 6.45) is 3.98. The number of halogens is 1. The van der Waals surface area contributed by atoms with Gasteiger partial charge in [0, 0.05) is 67.7 Å². The molecule has 1 unspecified atom stereocenters. The molecule has 3 heterocycles. The molecule has 216 valence electrons. The molecular formula is C33H34ClN5O3. The lowest BCUT2D eigenvalue weighted by Crippen LogP contribution is -2.47. The van der Waals surface area contributed by atoms with Gasteiger partial charge in [-0.1, -0.05) is 42.0 Å². The number of amides is 3. The topological polar surface area (TPSA) is 76.2 Å². The van der Waals surface area contributed by atoms with E-state index in [1.807, 2.05) is 42.5 Å². The first kappa shape index (κ1) is 28.0. The minimum Gasteiger partial charge on any atom is -0.369 e. The van der Waals surface area contributed by atoms with Crippen LogP contribution in [0.5, 0.6) is 0 Å². The monoisotopic (exact) mass is 583 g/mol. The Morgan fingerprint density at radius 1 is 0.881 bits per heavy atom. The van der Waals surface area contributed by atoms with Crippen molar-refractivity contribution in [2.75, 3.05) is 49.1 Å². The molecule has 1 N–H and O–H groups in total. The van der Waals surface area contributed by atoms with E-state index in [1.165, 1.54) is 0 Å². The molecule has 1 saturated heterocycles. The smallest absolute Gasteiger partial charge is 0.254 e. The Labute approximate surface area is 251 Å². The molecule has 0 saturated carbocycles. The van der Waals surface area contributed by atoms with E-state index in [0.29, 0.717) is 42.3 Å². The van der Waals surface area contributed by atoms with Gasteiger partial charge in [-0.25, -0.2) is 0 Å². The van der Waals surface area contributed by atoms with Crippen molar-refractivity contribution in [3.05, 3.63) is 106 Å². The highest BCUT2D eigenvalue weighted by Crippen LogP contribution is 2.34. The molecule has 3 aromatic rings. The first-order valence-corrected chi connectivity index (χ1v) is 14.8. The van der Waals surface area contributed by atoms with Gasteiger partial charge in [0.15, 0.2) is 0 Å². The molecule has 3 aromatic carbocycles. The van der Waals surface area contributed by atoms with E-state index in [1.54, 1.807) is 45.9 Å². The van der Waals surface area contributed by atoms with Crippen LogP contribution >= 0.6 is 11.6 Å². The molecule has 0 aliphatic carbocycles. The van der Waals surface area contributed by atoms with E-state index < -0.39 is 6.04 Å². The maximum Gasteiger partial charge on any atom is 0.254 e. The number of hydrogen-bond donors (Lipinski definition) is 1. The summed E-state index contributed by atoms with van der Waals surface area (Å²) in [6.45, 7) is 7.23. The van der Waals surface area contributed by atoms with Crippen LogP contribution in [0.1, 0.15) is 38.8 Å². The van der Waals surface area contributed by atoms with Crippen LogP contribution in [0, 0.1) is 0 Å². The maximum atomic E-state index is 14.2. The van der Waals surface area contributed by atoms with Crippen molar-refractivity contribution in [3.8, 4) is 0 Å². The zero-order valence-electron chi connectivity index (χ0n) is 23.6. The highest BCUT2D eigenvalue weighted by Gasteiger charge is 2.36. The van der Waals surface area contributed by atoms with Crippen LogP contribution in [-0.4, -0.2) is 72.8 Å². The number of nitrogens with zero attached hydrogens (tertiary/aromatic N) is 4. The van der Waals surface area contributed by atoms with Gasteiger partial charge in [-0.3, -0.25) is 14.4 Å². The minimum atomic E-state index is -0.688. The SMILES string of the molecule is CC1C(=O)N(Cc2ccc(C(=O)N3CC=CC3)cc2)c2cc(N3CCNCC3)ccc2CN1C(=O)c1ccc(Cl)cc1. The van der Waals surface area contributed by atoms with Crippen molar-refractivity contribution in [1.29, 1.82) is 0 Å². The standard InChI is InChI=1S/C33H34ClN5O3/c1-23-31(40)39(21-24-4-6-25(7-5-24)32(41)37-16-2-3-17-37)30-20-29(36-18-14-35-15-19-36)13-10-27(30)22-38(23)33(42)26-8-11-28(34)12-9-26/h2-13,20,23,35H,14-19,21-22H2,1H3. The number of hydrogen-bond acceptors (Lipinski definition) is 5. The zero-order chi connectivity index (χ0) is 29.2. The van der Waals surface area contributed by atoms with Crippen LogP contribution in [0.2, 0.25) is 5.02 Å². The van der Waals surface area contributed by atoms with Gasteiger partial charge in [0.25, 0.3) is 11.8 Å². The largest absolute Gasteiger partial charge is 0.369 e. The predicted molar refractivity (Wildman–Crippen MR) is 165 cm³/mol. The number of carbonyl (C=O) groups excluding carboxylic acids is 3. The Balaban J connectivity index is 1.33. The number of nitrogens with one attached hydrogen (secondary N) is 1. The van der Waals surface area contributed by atoms with E-state index in [4.69, 9.17) is 11.6 Å². The summed E-state index contributed by atoms with van der Waals surface area (Å²) in [6, 6.07) is 19.8. The van der Waals surface area contributed by atoms with Crippen molar-refractivity contribution < 1.29 is 14.4 Å². The lowest BCUT2D eigenvalue weighted by atomic mass is 10.1. The van der Waals surface area contributed by atoms with E-state index in [9.17, 15) is 14.4 Å². The summed E-state index contributed by atoms with van der Waals surface area (Å²) in [5.41, 5.74) is 4.78. The second-order valence-corrected chi connectivity index (χ2v) is 11.4. The molecule has 0 spiro atoms. The number of benzene rings is 3. The van der Waals surface area contributed by atoms with Gasteiger partial charge in [-0.05, 0) is 66.6 Å². The molecule has 9 heteroatoms. The number of rotatable bonds is 5. The number of piperazine rings is 1. The predicted octanol–water partition coefficient (Wildman–Crippen LogP) is 4.34. The van der Waals surface area contributed by atoms with Gasteiger partial charge in [0.05, 0.1) is 12.2 Å². The Hall–Kier alpha value is -4.14. The summed E-state index contributed by atoms with van der Waals surface area (Å²) >= 11 is 6.06. The van der Waals surface area contributed by atoms with Gasteiger partial charge >= 0.3 is 0 Å². The van der Waals surface area contributed by atoms with Gasteiger partial charge in [0.2, 0.25) is 5.91 Å². The van der Waals surface area contributed by atoms with E-state index in [2.05, 4.69) is 22.3 Å². The third-order valence-corrected chi connectivity index (χ3v) is 8.52. The second-order valence-electron chi connectivity index (χ2n) is 11.0. The van der Waals surface area contributed by atoms with Crippen LogP contribution < -0.4 is 15.1 Å². The molecule has 0 aromatic heterocycles. The molecule has 0 radical (unpaired) electrons. The summed E-state index contributed by atoms with van der Waals surface area (Å²) in [5, 5.41) is 3.94. The van der Waals surface area contributed by atoms with Gasteiger partial charge < -0.3 is 24.9 Å². The molecule has 0 bridgehead atoms. The number of fused-ring (bicyclic) bond motifs is 1. The Morgan fingerprint density at radius 3 is 2.21 bits per heavy atom. The maximum absolute atomic E-state index is 14.2. The fourth-order valence-corrected chi connectivity index (χ4v) is 5.91. The fraction of sp³-hybridized carbons (Fsp3) is 0.303. The molecule has 6 rings (SSSR count). The van der Waals surface area contributed by atoms with Crippen LogP contribution in [0.4, 0.5) is 11.4 Å². The van der Waals surface area contributed by atoms with Crippen molar-refractivity contribution in [1.82, 2.24) is 15.1 Å². The molecule has 3 amide bonds. The first-order valence-electron chi connectivity index (χ1n) is 14.4. The fourth-order valence-electron chi connectivity index (χ4n) is 5.79. The lowest BCUT2D eigenvalue weighted by Gasteiger charge is -2.31. The highest BCUT2D eigenvalue weighted by atomic mass is 35.5. The third kappa shape index (κ3) is 5.65. The molecule has 42 heavy (non-hydrogen) atoms. The Morgan fingerprint density at radius 2 is 1.52 bits per heavy atom. The Kier molecular flexibility index (Phi) is 8.00. The van der Waals surface area contributed by atoms with Crippen LogP contribution in [0.15, 0.2) is 78.9 Å². The van der Waals surface area contributed by atoms with Crippen molar-refractivity contribution in [3.63, 3.8) is 0 Å². The summed E-state index contributed by atoms with van der Waals surface area (Å²) in [7, 11) is 0. The quantitative estimate of drug-likeness (QED) is 0.452. The van der Waals surface area contributed by atoms with Crippen molar-refractivity contribution in [2.45, 2.75) is 26.1 Å². The summed E-state index contributed by atoms with van der Waals surface area (Å²) in [5.74, 6) is -0.379. The summed E-state index contributed by atoms with van der Waals surface area (Å²) < 4.78 is 0. The molecular weight excluding hydrogens is 550 g/mol. The van der Waals surface area contributed by atoms with Gasteiger partial charge in [-0.15, -0.1) is 0 Å². The minimum absolute atomic E-state index is 0.00613. The second kappa shape index (κ2) is 12.0. The van der Waals surface area contributed by atoms with Gasteiger partial charge in [-0.2, -0.15) is 0 Å². The first-order chi connectivity index (χ1) is 20.4. The average Bonchev–Trinajstić information content (AvgIpc) is 3.55. The molecule has 8 nitrogen and oxygen atoms in total. The van der Waals surface area contributed by atoms with Crippen molar-refractivity contribution >= 4 is 40.7 Å². The Bertz CT molecular complexity index is 1510. The normalized spacial score (nSPS) is 18.7. The zero-order valence-corrected chi connectivity index (χ0v) is 24.4. The molecule has 1 atom stereocenters. The van der Waals surface area contributed by atoms with E-state index in [0.717, 1.165) is 48.7 Å². The van der Waals surface area contributed by atoms with Crippen LogP contribution in [0.25, 0.3) is 0 Å². The molecule has 3 aliphatic heterocycles. The van der Waals surface area contributed by atoms with E-state index >= 15 is 0 Å². The summed E-state index contributed by atoms with van der Waals surface area (Å²) in [4.78, 5) is 48.2. The van der Waals surface area contributed by atoms with Crippen LogP contribution in [0.3, 0.4) is 0 Å². The third-order valence-electron chi connectivity index (χ3n) is 8.27. The molecule has 1 fully saturated rings. The van der Waals surface area contributed by atoms with Crippen molar-refractivity contribution in [2.24, 2.45) is 0 Å². The number of anilines is 2. The van der Waals surface area contributed by atoms with Crippen LogP contribution in [-0.2, 0) is 17.9 Å². The lowest BCUT2D eigenvalue weighted by molar-refractivity contribution is -0.122. The highest BCUT2D eigenvalue weighted by molar-refractivity contribution is 6.30. The van der Waals surface area contributed by atoms with E-state index in [-0.39, 0.29) is 17.7 Å². The number of carbonyl (C=O) groups is 3. The average molecular weight is 584 g/mol. The molecule has 3 aliphatic rings. The van der Waals surface area contributed by atoms with Gasteiger partial charge in [0.1, 0.15) is 6.04 Å².